The van der Waals surface area contributed by atoms with Crippen LogP contribution in [0.5, 0.6) is 0 Å². The minimum absolute atomic E-state index is 0.233. The first-order valence-corrected chi connectivity index (χ1v) is 13.4. The number of hydrogen-bond acceptors (Lipinski definition) is 6. The summed E-state index contributed by atoms with van der Waals surface area (Å²) in [7, 11) is 8.33. The van der Waals surface area contributed by atoms with Crippen molar-refractivity contribution in [2.75, 3.05) is 38.0 Å². The summed E-state index contributed by atoms with van der Waals surface area (Å²) in [6.45, 7) is 3.47. The van der Waals surface area contributed by atoms with Gasteiger partial charge in [0.1, 0.15) is 0 Å². The van der Waals surface area contributed by atoms with Gasteiger partial charge in [-0.05, 0) is 46.5 Å². The van der Waals surface area contributed by atoms with Crippen molar-refractivity contribution in [3.8, 4) is 0 Å². The van der Waals surface area contributed by atoms with E-state index < -0.39 is 0 Å². The molecule has 2 aliphatic heterocycles. The summed E-state index contributed by atoms with van der Waals surface area (Å²) in [5, 5.41) is 0. The van der Waals surface area contributed by atoms with E-state index in [1.165, 1.54) is 33.6 Å². The highest BCUT2D eigenvalue weighted by molar-refractivity contribution is 5.47. The lowest BCUT2D eigenvalue weighted by Crippen LogP contribution is -2.34. The van der Waals surface area contributed by atoms with E-state index in [0.29, 0.717) is 0 Å². The second-order valence-corrected chi connectivity index (χ2v) is 10.9. The molecule has 0 aliphatic carbocycles. The van der Waals surface area contributed by atoms with E-state index in [1.54, 1.807) is 0 Å². The molecule has 194 valence electrons. The lowest BCUT2D eigenvalue weighted by molar-refractivity contribution is 0.0821. The predicted molar refractivity (Wildman–Crippen MR) is 154 cm³/mol. The highest BCUT2D eigenvalue weighted by Crippen LogP contribution is 2.49. The molecule has 0 spiro atoms. The summed E-state index contributed by atoms with van der Waals surface area (Å²) in [5.74, 6) is 0. The first-order chi connectivity index (χ1) is 18.5. The maximum absolute atomic E-state index is 4.77. The third-order valence-corrected chi connectivity index (χ3v) is 7.94. The fraction of sp³-hybridized carbons (Fsp3) is 0.312. The van der Waals surface area contributed by atoms with Crippen molar-refractivity contribution >= 4 is 11.4 Å². The first kappa shape index (κ1) is 24.6. The van der Waals surface area contributed by atoms with Gasteiger partial charge in [0.2, 0.25) is 0 Å². The van der Waals surface area contributed by atoms with E-state index in [4.69, 9.17) is 9.97 Å². The van der Waals surface area contributed by atoms with Gasteiger partial charge in [-0.2, -0.15) is 0 Å². The highest BCUT2D eigenvalue weighted by Gasteiger charge is 2.43. The van der Waals surface area contributed by atoms with Crippen molar-refractivity contribution in [2.24, 2.45) is 0 Å². The molecule has 6 nitrogen and oxygen atoms in total. The Hall–Kier alpha value is -3.74. The number of nitrogens with zero attached hydrogens (tertiary/aromatic N) is 6. The molecule has 0 amide bonds. The van der Waals surface area contributed by atoms with Gasteiger partial charge < -0.3 is 9.80 Å². The van der Waals surface area contributed by atoms with E-state index >= 15 is 0 Å². The van der Waals surface area contributed by atoms with E-state index in [1.807, 2.05) is 12.4 Å². The fourth-order valence-electron chi connectivity index (χ4n) is 6.09. The quantitative estimate of drug-likeness (QED) is 0.335. The largest absolute Gasteiger partial charge is 0.378 e. The van der Waals surface area contributed by atoms with Crippen LogP contribution in [0.3, 0.4) is 0 Å². The molecule has 6 heteroatoms. The molecule has 38 heavy (non-hydrogen) atoms. The van der Waals surface area contributed by atoms with Crippen LogP contribution in [0.2, 0.25) is 0 Å². The maximum atomic E-state index is 4.77. The third kappa shape index (κ3) is 4.66. The molecule has 6 rings (SSSR count). The van der Waals surface area contributed by atoms with E-state index in [2.05, 4.69) is 121 Å². The summed E-state index contributed by atoms with van der Waals surface area (Å²) in [6.07, 6.45) is 3.87. The highest BCUT2D eigenvalue weighted by atomic mass is 15.3. The first-order valence-electron chi connectivity index (χ1n) is 13.4. The number of benzene rings is 2. The molecule has 4 heterocycles. The number of pyridine rings is 2. The molecule has 0 N–H and O–H groups in total. The van der Waals surface area contributed by atoms with Crippen LogP contribution in [-0.2, 0) is 26.2 Å². The lowest BCUT2D eigenvalue weighted by Gasteiger charge is -2.36. The molecule has 0 saturated heterocycles. The van der Waals surface area contributed by atoms with Crippen LogP contribution >= 0.6 is 0 Å². The summed E-state index contributed by atoms with van der Waals surface area (Å²) >= 11 is 0. The van der Waals surface area contributed by atoms with Gasteiger partial charge in [0, 0.05) is 78.1 Å². The molecule has 2 aliphatic rings. The standard InChI is InChI=1S/C32H36N6/c1-35(2)27-13-15-33-25(17-27)21-37-19-23-9-5-7-11-29(23)31(37)32-30-12-8-6-10-24(30)20-38(32)22-26-18-28(36(3)4)14-16-34-26/h5-18,31-32H,19-22H2,1-4H3/t31-,32-/m0/s1. The lowest BCUT2D eigenvalue weighted by atomic mass is 9.92. The van der Waals surface area contributed by atoms with Gasteiger partial charge in [0.05, 0.1) is 23.5 Å². The van der Waals surface area contributed by atoms with Gasteiger partial charge in [0.25, 0.3) is 0 Å². The minimum atomic E-state index is 0.233. The molecule has 0 saturated carbocycles. The molecule has 0 fully saturated rings. The average Bonchev–Trinajstić information content (AvgIpc) is 3.45. The van der Waals surface area contributed by atoms with Crippen molar-refractivity contribution in [1.82, 2.24) is 19.8 Å². The van der Waals surface area contributed by atoms with Crippen LogP contribution in [-0.4, -0.2) is 48.0 Å². The van der Waals surface area contributed by atoms with Gasteiger partial charge >= 0.3 is 0 Å². The molecular weight excluding hydrogens is 468 g/mol. The molecule has 2 aromatic carbocycles. The Balaban J connectivity index is 1.39. The second kappa shape index (κ2) is 10.2. The van der Waals surface area contributed by atoms with Crippen LogP contribution in [0.25, 0.3) is 0 Å². The van der Waals surface area contributed by atoms with Gasteiger partial charge in [0.15, 0.2) is 0 Å². The molecule has 0 bridgehead atoms. The molecule has 4 aromatic rings. The van der Waals surface area contributed by atoms with Gasteiger partial charge in [-0.25, -0.2) is 0 Å². The number of anilines is 2. The molecule has 0 unspecified atom stereocenters. The Morgan fingerprint density at radius 1 is 0.632 bits per heavy atom. The number of rotatable bonds is 7. The normalized spacial score (nSPS) is 18.8. The zero-order valence-corrected chi connectivity index (χ0v) is 22.7. The average molecular weight is 505 g/mol. The van der Waals surface area contributed by atoms with E-state index in [0.717, 1.165) is 37.6 Å². The van der Waals surface area contributed by atoms with Gasteiger partial charge in [-0.3, -0.25) is 19.8 Å². The molecular formula is C32H36N6. The Labute approximate surface area is 226 Å². The van der Waals surface area contributed by atoms with Crippen molar-refractivity contribution in [1.29, 1.82) is 0 Å². The zero-order valence-electron chi connectivity index (χ0n) is 22.7. The molecule has 0 radical (unpaired) electrons. The summed E-state index contributed by atoms with van der Waals surface area (Å²) in [6, 6.07) is 27.0. The van der Waals surface area contributed by atoms with Crippen molar-refractivity contribution in [3.63, 3.8) is 0 Å². The minimum Gasteiger partial charge on any atom is -0.378 e. The Kier molecular flexibility index (Phi) is 6.60. The maximum Gasteiger partial charge on any atom is 0.0564 e. The Morgan fingerprint density at radius 2 is 1.05 bits per heavy atom. The summed E-state index contributed by atoms with van der Waals surface area (Å²) < 4.78 is 0. The summed E-state index contributed by atoms with van der Waals surface area (Å²) in [4.78, 5) is 19.1. The smallest absolute Gasteiger partial charge is 0.0564 e. The Morgan fingerprint density at radius 3 is 1.47 bits per heavy atom. The van der Waals surface area contributed by atoms with Crippen LogP contribution < -0.4 is 9.80 Å². The van der Waals surface area contributed by atoms with Crippen molar-refractivity contribution in [3.05, 3.63) is 119 Å². The monoisotopic (exact) mass is 504 g/mol. The number of hydrogen-bond donors (Lipinski definition) is 0. The topological polar surface area (TPSA) is 38.7 Å². The van der Waals surface area contributed by atoms with E-state index in [-0.39, 0.29) is 12.1 Å². The van der Waals surface area contributed by atoms with Crippen molar-refractivity contribution in [2.45, 2.75) is 38.3 Å². The van der Waals surface area contributed by atoms with Gasteiger partial charge in [-0.1, -0.05) is 48.5 Å². The fourth-order valence-corrected chi connectivity index (χ4v) is 6.09. The Bertz CT molecular complexity index is 1320. The van der Waals surface area contributed by atoms with Gasteiger partial charge in [-0.15, -0.1) is 0 Å². The number of fused-ring (bicyclic) bond motifs is 2. The SMILES string of the molecule is CN(C)c1ccnc(CN2Cc3ccccc3[C@H]2[C@@H]2c3ccccc3CN2Cc2cc(N(C)C)ccn2)c1. The second-order valence-electron chi connectivity index (χ2n) is 10.9. The number of aromatic nitrogens is 2. The molecule has 2 atom stereocenters. The third-order valence-electron chi connectivity index (χ3n) is 7.94. The van der Waals surface area contributed by atoms with Crippen molar-refractivity contribution < 1.29 is 0 Å². The molecule has 2 aromatic heterocycles. The van der Waals surface area contributed by atoms with Crippen LogP contribution in [0.1, 0.15) is 45.7 Å². The summed E-state index contributed by atoms with van der Waals surface area (Å²) in [5.41, 5.74) is 10.3. The van der Waals surface area contributed by atoms with Crippen LogP contribution in [0, 0.1) is 0 Å². The predicted octanol–water partition coefficient (Wildman–Crippen LogP) is 5.42. The van der Waals surface area contributed by atoms with E-state index in [9.17, 15) is 0 Å². The van der Waals surface area contributed by atoms with Crippen LogP contribution in [0.4, 0.5) is 11.4 Å². The van der Waals surface area contributed by atoms with Crippen LogP contribution in [0.15, 0.2) is 85.2 Å². The zero-order chi connectivity index (χ0) is 26.2.